The quantitative estimate of drug-likeness (QED) is 0.523. The van der Waals surface area contributed by atoms with E-state index < -0.39 is 86.6 Å². The van der Waals surface area contributed by atoms with Crippen LogP contribution in [0, 0.1) is 11.2 Å². The number of nitrogens with zero attached hydrogens (tertiary/aromatic N) is 2. The third-order valence-electron chi connectivity index (χ3n) is 5.54. The number of halogens is 7. The molecule has 4 rings (SSSR count). The summed E-state index contributed by atoms with van der Waals surface area (Å²) in [6, 6.07) is 1.63. The molecule has 1 aromatic carbocycles. The minimum absolute atomic E-state index is 0.197. The van der Waals surface area contributed by atoms with E-state index in [0.717, 1.165) is 6.07 Å². The molecule has 1 aliphatic carbocycles. The van der Waals surface area contributed by atoms with E-state index in [4.69, 9.17) is 9.66 Å². The smallest absolute Gasteiger partial charge is 0.339 e. The van der Waals surface area contributed by atoms with Crippen molar-refractivity contribution in [3.05, 3.63) is 35.5 Å². The predicted molar refractivity (Wildman–Crippen MR) is 89.2 cm³/mol. The highest BCUT2D eigenvalue weighted by Gasteiger charge is 2.79. The van der Waals surface area contributed by atoms with Gasteiger partial charge in [-0.05, 0) is 18.2 Å². The molecule has 1 spiro atoms. The zero-order valence-electron chi connectivity index (χ0n) is 15.1. The largest absolute Gasteiger partial charge is 0.417 e. The Balaban J connectivity index is 1.78. The van der Waals surface area contributed by atoms with Gasteiger partial charge in [-0.2, -0.15) is 18.2 Å². The van der Waals surface area contributed by atoms with Gasteiger partial charge in [0.25, 0.3) is 0 Å². The van der Waals surface area contributed by atoms with E-state index in [9.17, 15) is 39.2 Å². The van der Waals surface area contributed by atoms with Crippen LogP contribution >= 0.6 is 0 Å². The van der Waals surface area contributed by atoms with Gasteiger partial charge in [-0.25, -0.2) is 31.1 Å². The van der Waals surface area contributed by atoms with Crippen LogP contribution in [0.5, 0.6) is 0 Å². The van der Waals surface area contributed by atoms with E-state index >= 15 is 0 Å². The summed E-state index contributed by atoms with van der Waals surface area (Å²) in [5.41, 5.74) is -4.32. The minimum atomic E-state index is -5.00. The molecule has 1 aliphatic heterocycles. The molecule has 1 saturated heterocycles. The van der Waals surface area contributed by atoms with Gasteiger partial charge in [0.15, 0.2) is 18.8 Å². The number of primary sulfonamides is 1. The molecule has 15 heteroatoms. The highest BCUT2D eigenvalue weighted by atomic mass is 32.2. The first-order valence-corrected chi connectivity index (χ1v) is 10.3. The van der Waals surface area contributed by atoms with Crippen molar-refractivity contribution in [1.82, 2.24) is 15.5 Å². The molecule has 2 aromatic rings. The highest BCUT2D eigenvalue weighted by Crippen LogP contribution is 2.69. The summed E-state index contributed by atoms with van der Waals surface area (Å²) in [6.07, 6.45) is -13.0. The number of sulfonamides is 1. The van der Waals surface area contributed by atoms with Crippen LogP contribution in [0.15, 0.2) is 22.7 Å². The van der Waals surface area contributed by atoms with Crippen LogP contribution in [-0.2, 0) is 16.2 Å². The number of nitrogens with one attached hydrogen (secondary N) is 1. The Morgan fingerprint density at radius 1 is 1.23 bits per heavy atom. The van der Waals surface area contributed by atoms with Gasteiger partial charge in [-0.15, -0.1) is 0 Å². The van der Waals surface area contributed by atoms with Gasteiger partial charge in [0.2, 0.25) is 21.7 Å². The molecule has 31 heavy (non-hydrogen) atoms. The van der Waals surface area contributed by atoms with Crippen molar-refractivity contribution in [1.29, 1.82) is 0 Å². The zero-order chi connectivity index (χ0) is 22.9. The average molecular weight is 474 g/mol. The van der Waals surface area contributed by atoms with Crippen LogP contribution in [-0.4, -0.2) is 42.6 Å². The van der Waals surface area contributed by atoms with Crippen LogP contribution in [0.2, 0.25) is 0 Å². The van der Waals surface area contributed by atoms with Crippen LogP contribution < -0.4 is 10.5 Å². The lowest BCUT2D eigenvalue weighted by Gasteiger charge is -2.33. The fraction of sp³-hybridized carbons (Fsp3) is 0.500. The fourth-order valence-electron chi connectivity index (χ4n) is 4.28. The van der Waals surface area contributed by atoms with Crippen molar-refractivity contribution in [2.45, 2.75) is 42.5 Å². The molecule has 1 aromatic heterocycles. The average Bonchev–Trinajstić information content (AvgIpc) is 3.05. The van der Waals surface area contributed by atoms with E-state index in [1.54, 1.807) is 5.32 Å². The van der Waals surface area contributed by atoms with Gasteiger partial charge >= 0.3 is 6.18 Å². The second kappa shape index (κ2) is 6.87. The van der Waals surface area contributed by atoms with Crippen molar-refractivity contribution >= 4 is 10.0 Å². The topological polar surface area (TPSA) is 111 Å². The van der Waals surface area contributed by atoms with Crippen molar-refractivity contribution in [2.75, 3.05) is 0 Å². The predicted octanol–water partition coefficient (Wildman–Crippen LogP) is 2.56. The Labute approximate surface area is 169 Å². The van der Waals surface area contributed by atoms with Gasteiger partial charge in [-0.3, -0.25) is 5.32 Å². The first-order chi connectivity index (χ1) is 14.3. The van der Waals surface area contributed by atoms with Gasteiger partial charge < -0.3 is 4.52 Å². The van der Waals surface area contributed by atoms with Crippen molar-refractivity contribution in [3.63, 3.8) is 0 Å². The molecule has 2 fully saturated rings. The number of hydrogen-bond donors (Lipinski definition) is 2. The molecule has 6 unspecified atom stereocenters. The maximum atomic E-state index is 14.7. The maximum Gasteiger partial charge on any atom is 0.417 e. The summed E-state index contributed by atoms with van der Waals surface area (Å²) in [5.74, 6) is -4.13. The van der Waals surface area contributed by atoms with E-state index in [0.29, 0.717) is 6.07 Å². The second-order valence-corrected chi connectivity index (χ2v) is 9.07. The molecule has 2 heterocycles. The lowest BCUT2D eigenvalue weighted by molar-refractivity contribution is -0.137. The summed E-state index contributed by atoms with van der Waals surface area (Å²) in [5, 5.41) is 8.26. The van der Waals surface area contributed by atoms with Crippen molar-refractivity contribution in [3.8, 4) is 11.4 Å². The number of alkyl halides is 6. The zero-order valence-corrected chi connectivity index (χ0v) is 15.9. The number of piperidine rings is 1. The standard InChI is InChI=1S/C16H13F7N4O3S/c17-5-1-2-6(7(3-5)16(21,22)23)13-26-14(30-27-13)9-11(31(24,28)29)15(9)4-8(18)25-12(20)10(15)19/h1-3,8-12,25H,4H2,(H2,24,28,29). The van der Waals surface area contributed by atoms with Gasteiger partial charge in [0.1, 0.15) is 5.82 Å². The van der Waals surface area contributed by atoms with Crippen molar-refractivity contribution < 1.29 is 43.7 Å². The number of benzene rings is 1. The Morgan fingerprint density at radius 2 is 1.90 bits per heavy atom. The molecule has 0 bridgehead atoms. The molecule has 0 radical (unpaired) electrons. The Bertz CT molecular complexity index is 1120. The normalized spacial score (nSPS) is 33.6. The monoisotopic (exact) mass is 474 g/mol. The molecular weight excluding hydrogens is 461 g/mol. The summed E-state index contributed by atoms with van der Waals surface area (Å²) in [7, 11) is -4.57. The summed E-state index contributed by atoms with van der Waals surface area (Å²) < 4.78 is 124. The SMILES string of the molecule is NS(=O)(=O)C1C(c2nc(-c3ccc(F)cc3C(F)(F)F)no2)C12CC(F)NC(F)C2F. The van der Waals surface area contributed by atoms with E-state index in [1.807, 2.05) is 0 Å². The molecule has 1 saturated carbocycles. The van der Waals surface area contributed by atoms with E-state index in [-0.39, 0.29) is 6.07 Å². The van der Waals surface area contributed by atoms with Crippen molar-refractivity contribution in [2.24, 2.45) is 10.6 Å². The van der Waals surface area contributed by atoms with Crippen LogP contribution in [0.1, 0.15) is 23.8 Å². The van der Waals surface area contributed by atoms with Gasteiger partial charge in [-0.1, -0.05) is 5.16 Å². The van der Waals surface area contributed by atoms with E-state index in [1.165, 1.54) is 0 Å². The number of hydrogen-bond acceptors (Lipinski definition) is 6. The van der Waals surface area contributed by atoms with Crippen LogP contribution in [0.25, 0.3) is 11.4 Å². The first-order valence-electron chi connectivity index (χ1n) is 8.67. The van der Waals surface area contributed by atoms with Crippen LogP contribution in [0.4, 0.5) is 30.7 Å². The third kappa shape index (κ3) is 3.47. The molecule has 0 amide bonds. The Hall–Kier alpha value is -2.26. The Morgan fingerprint density at radius 3 is 2.52 bits per heavy atom. The second-order valence-electron chi connectivity index (χ2n) is 7.39. The molecule has 7 nitrogen and oxygen atoms in total. The number of rotatable bonds is 3. The molecular formula is C16H13F7N4O3S. The molecule has 170 valence electrons. The lowest BCUT2D eigenvalue weighted by atomic mass is 9.88. The van der Waals surface area contributed by atoms with E-state index in [2.05, 4.69) is 10.1 Å². The fourth-order valence-corrected chi connectivity index (χ4v) is 5.93. The maximum absolute atomic E-state index is 14.7. The number of nitrogens with two attached hydrogens (primary N) is 1. The molecule has 6 atom stereocenters. The van der Waals surface area contributed by atoms with Gasteiger partial charge in [0, 0.05) is 17.4 Å². The summed E-state index contributed by atoms with van der Waals surface area (Å²) in [4.78, 5) is 3.69. The van der Waals surface area contributed by atoms with Crippen LogP contribution in [0.3, 0.4) is 0 Å². The third-order valence-corrected chi connectivity index (χ3v) is 6.95. The Kier molecular flexibility index (Phi) is 4.86. The molecule has 3 N–H and O–H groups in total. The van der Waals surface area contributed by atoms with Gasteiger partial charge in [0.05, 0.1) is 16.7 Å². The molecule has 2 aliphatic rings. The lowest BCUT2D eigenvalue weighted by Crippen LogP contribution is -2.52. The minimum Gasteiger partial charge on any atom is -0.339 e. The highest BCUT2D eigenvalue weighted by molar-refractivity contribution is 7.90. The first kappa shape index (κ1) is 22.0. The number of aromatic nitrogens is 2. The summed E-state index contributed by atoms with van der Waals surface area (Å²) >= 11 is 0. The summed E-state index contributed by atoms with van der Waals surface area (Å²) in [6.45, 7) is 0.